The molecule has 0 saturated carbocycles. The van der Waals surface area contributed by atoms with Crippen LogP contribution in [0.25, 0.3) is 0 Å². The standard InChI is InChI=1S/C14H27NO3/c1-2-3-4-5-6-7-8-9-10-15-11-12(16)13(17)14(15)18/h12-13,16-17H,2-11H2,1H3/t12-,13-/m0/s1. The molecule has 1 saturated heterocycles. The van der Waals surface area contributed by atoms with Crippen molar-refractivity contribution in [1.29, 1.82) is 0 Å². The molecule has 4 heteroatoms. The zero-order valence-electron chi connectivity index (χ0n) is 11.5. The third kappa shape index (κ3) is 4.94. The van der Waals surface area contributed by atoms with E-state index in [4.69, 9.17) is 0 Å². The van der Waals surface area contributed by atoms with E-state index in [0.29, 0.717) is 6.54 Å². The average molecular weight is 257 g/mol. The Kier molecular flexibility index (Phi) is 7.28. The number of hydrogen-bond acceptors (Lipinski definition) is 3. The van der Waals surface area contributed by atoms with Gasteiger partial charge < -0.3 is 15.1 Å². The molecule has 0 aromatic carbocycles. The molecule has 1 rings (SSSR count). The van der Waals surface area contributed by atoms with Gasteiger partial charge in [-0.25, -0.2) is 0 Å². The van der Waals surface area contributed by atoms with Crippen LogP contribution in [0, 0.1) is 0 Å². The molecule has 4 nitrogen and oxygen atoms in total. The lowest BCUT2D eigenvalue weighted by atomic mass is 10.1. The Labute approximate surface area is 110 Å². The predicted molar refractivity (Wildman–Crippen MR) is 71.2 cm³/mol. The average Bonchev–Trinajstić information content (AvgIpc) is 2.60. The smallest absolute Gasteiger partial charge is 0.254 e. The largest absolute Gasteiger partial charge is 0.388 e. The number of aliphatic hydroxyl groups is 2. The summed E-state index contributed by atoms with van der Waals surface area (Å²) in [5.74, 6) is -0.314. The minimum atomic E-state index is -1.20. The van der Waals surface area contributed by atoms with E-state index in [1.807, 2.05) is 0 Å². The Hall–Kier alpha value is -0.610. The van der Waals surface area contributed by atoms with Gasteiger partial charge in [0.15, 0.2) is 6.10 Å². The quantitative estimate of drug-likeness (QED) is 0.618. The molecule has 0 spiro atoms. The predicted octanol–water partition coefficient (Wildman–Crippen LogP) is 1.69. The van der Waals surface area contributed by atoms with Crippen molar-refractivity contribution in [2.24, 2.45) is 0 Å². The molecule has 2 N–H and O–H groups in total. The molecule has 18 heavy (non-hydrogen) atoms. The highest BCUT2D eigenvalue weighted by Gasteiger charge is 2.37. The van der Waals surface area contributed by atoms with Gasteiger partial charge in [-0.3, -0.25) is 4.79 Å². The lowest BCUT2D eigenvalue weighted by Crippen LogP contribution is -2.30. The molecule has 1 aliphatic rings. The molecule has 1 heterocycles. The fourth-order valence-corrected chi connectivity index (χ4v) is 2.41. The fraction of sp³-hybridized carbons (Fsp3) is 0.929. The van der Waals surface area contributed by atoms with Crippen molar-refractivity contribution < 1.29 is 15.0 Å². The van der Waals surface area contributed by atoms with Gasteiger partial charge >= 0.3 is 0 Å². The summed E-state index contributed by atoms with van der Waals surface area (Å²) in [4.78, 5) is 13.0. The van der Waals surface area contributed by atoms with Crippen LogP contribution in [0.3, 0.4) is 0 Å². The number of likely N-dealkylation sites (tertiary alicyclic amines) is 1. The van der Waals surface area contributed by atoms with Crippen molar-refractivity contribution >= 4 is 5.91 Å². The van der Waals surface area contributed by atoms with E-state index in [1.54, 1.807) is 4.90 Å². The van der Waals surface area contributed by atoms with E-state index in [9.17, 15) is 15.0 Å². The van der Waals surface area contributed by atoms with E-state index >= 15 is 0 Å². The van der Waals surface area contributed by atoms with Crippen LogP contribution < -0.4 is 0 Å². The molecule has 0 aromatic heterocycles. The highest BCUT2D eigenvalue weighted by molar-refractivity contribution is 5.83. The number of β-amino-alcohol motifs (C(OH)–C–C–N with tert-alkyl or cyclic N) is 1. The Morgan fingerprint density at radius 1 is 1.06 bits per heavy atom. The monoisotopic (exact) mass is 257 g/mol. The minimum Gasteiger partial charge on any atom is -0.388 e. The van der Waals surface area contributed by atoms with E-state index in [2.05, 4.69) is 6.92 Å². The summed E-state index contributed by atoms with van der Waals surface area (Å²) in [6.07, 6.45) is 7.76. The van der Waals surface area contributed by atoms with Crippen molar-refractivity contribution in [3.05, 3.63) is 0 Å². The first kappa shape index (κ1) is 15.4. The zero-order valence-corrected chi connectivity index (χ0v) is 11.5. The first-order valence-electron chi connectivity index (χ1n) is 7.31. The van der Waals surface area contributed by atoms with Crippen molar-refractivity contribution in [3.63, 3.8) is 0 Å². The van der Waals surface area contributed by atoms with E-state index in [-0.39, 0.29) is 12.5 Å². The number of nitrogens with zero attached hydrogens (tertiary/aromatic N) is 1. The normalized spacial score (nSPS) is 23.9. The maximum Gasteiger partial charge on any atom is 0.254 e. The number of rotatable bonds is 9. The molecular formula is C14H27NO3. The summed E-state index contributed by atoms with van der Waals surface area (Å²) in [6.45, 7) is 3.17. The fourth-order valence-electron chi connectivity index (χ4n) is 2.41. The highest BCUT2D eigenvalue weighted by atomic mass is 16.3. The van der Waals surface area contributed by atoms with Crippen molar-refractivity contribution in [2.45, 2.75) is 70.5 Å². The van der Waals surface area contributed by atoms with Crippen LogP contribution >= 0.6 is 0 Å². The number of carbonyl (C=O) groups is 1. The molecule has 2 atom stereocenters. The molecule has 0 aliphatic carbocycles. The van der Waals surface area contributed by atoms with Gasteiger partial charge in [-0.05, 0) is 6.42 Å². The second kappa shape index (κ2) is 8.48. The SMILES string of the molecule is CCCCCCCCCCN1C[C@H](O)[C@H](O)C1=O. The molecule has 1 amide bonds. The van der Waals surface area contributed by atoms with Gasteiger partial charge in [0.25, 0.3) is 5.91 Å². The van der Waals surface area contributed by atoms with Gasteiger partial charge in [0.05, 0.1) is 0 Å². The van der Waals surface area contributed by atoms with Gasteiger partial charge in [0.2, 0.25) is 0 Å². The molecule has 106 valence electrons. The van der Waals surface area contributed by atoms with Crippen LogP contribution in [0.2, 0.25) is 0 Å². The van der Waals surface area contributed by atoms with Crippen LogP contribution in [0.15, 0.2) is 0 Å². The summed E-state index contributed by atoms with van der Waals surface area (Å²) in [5, 5.41) is 18.7. The van der Waals surface area contributed by atoms with Gasteiger partial charge in [-0.1, -0.05) is 51.9 Å². The molecule has 0 aromatic rings. The Balaban J connectivity index is 1.97. The van der Waals surface area contributed by atoms with Gasteiger partial charge in [-0.2, -0.15) is 0 Å². The van der Waals surface area contributed by atoms with Gasteiger partial charge in [0.1, 0.15) is 6.10 Å². The molecular weight excluding hydrogens is 230 g/mol. The van der Waals surface area contributed by atoms with E-state index < -0.39 is 12.2 Å². The topological polar surface area (TPSA) is 60.8 Å². The second-order valence-electron chi connectivity index (χ2n) is 5.27. The van der Waals surface area contributed by atoms with Gasteiger partial charge in [0, 0.05) is 13.1 Å². The summed E-state index contributed by atoms with van der Waals surface area (Å²) < 4.78 is 0. The Morgan fingerprint density at radius 3 is 2.11 bits per heavy atom. The Bertz CT molecular complexity index is 245. The third-order valence-corrected chi connectivity index (χ3v) is 3.62. The maximum atomic E-state index is 11.5. The van der Waals surface area contributed by atoms with E-state index in [0.717, 1.165) is 12.8 Å². The lowest BCUT2D eigenvalue weighted by Gasteiger charge is -2.15. The molecule has 0 unspecified atom stereocenters. The van der Waals surface area contributed by atoms with Crippen molar-refractivity contribution in [3.8, 4) is 0 Å². The zero-order chi connectivity index (χ0) is 13.4. The number of unbranched alkanes of at least 4 members (excludes halogenated alkanes) is 7. The first-order chi connectivity index (χ1) is 8.66. The first-order valence-corrected chi connectivity index (χ1v) is 7.31. The van der Waals surface area contributed by atoms with Crippen LogP contribution in [0.1, 0.15) is 58.3 Å². The maximum absolute atomic E-state index is 11.5. The van der Waals surface area contributed by atoms with Gasteiger partial charge in [-0.15, -0.1) is 0 Å². The van der Waals surface area contributed by atoms with Crippen molar-refractivity contribution in [1.82, 2.24) is 4.90 Å². The molecule has 1 aliphatic heterocycles. The number of hydrogen-bond donors (Lipinski definition) is 2. The van der Waals surface area contributed by atoms with Crippen LogP contribution in [0.5, 0.6) is 0 Å². The third-order valence-electron chi connectivity index (χ3n) is 3.62. The van der Waals surface area contributed by atoms with E-state index in [1.165, 1.54) is 38.5 Å². The molecule has 1 fully saturated rings. The van der Waals surface area contributed by atoms with Crippen LogP contribution in [-0.4, -0.2) is 46.3 Å². The van der Waals surface area contributed by atoms with Crippen LogP contribution in [0.4, 0.5) is 0 Å². The minimum absolute atomic E-state index is 0.288. The lowest BCUT2D eigenvalue weighted by molar-refractivity contribution is -0.135. The van der Waals surface area contributed by atoms with Crippen LogP contribution in [-0.2, 0) is 4.79 Å². The number of carbonyl (C=O) groups excluding carboxylic acids is 1. The number of aliphatic hydroxyl groups excluding tert-OH is 2. The Morgan fingerprint density at radius 2 is 1.61 bits per heavy atom. The molecule has 0 bridgehead atoms. The summed E-state index contributed by atoms with van der Waals surface area (Å²) in [6, 6.07) is 0. The summed E-state index contributed by atoms with van der Waals surface area (Å²) in [7, 11) is 0. The van der Waals surface area contributed by atoms with Crippen molar-refractivity contribution in [2.75, 3.05) is 13.1 Å². The highest BCUT2D eigenvalue weighted by Crippen LogP contribution is 2.14. The summed E-state index contributed by atoms with van der Waals surface area (Å²) in [5.41, 5.74) is 0. The number of amides is 1. The second-order valence-corrected chi connectivity index (χ2v) is 5.27. The summed E-state index contributed by atoms with van der Waals surface area (Å²) >= 11 is 0. The molecule has 0 radical (unpaired) electrons.